The summed E-state index contributed by atoms with van der Waals surface area (Å²) >= 11 is 1.59. The summed E-state index contributed by atoms with van der Waals surface area (Å²) in [7, 11) is 6.21. The van der Waals surface area contributed by atoms with Crippen LogP contribution in [0.4, 0.5) is 0 Å². The second-order valence-electron chi connectivity index (χ2n) is 5.28. The third-order valence-corrected chi connectivity index (χ3v) is 4.56. The topological polar surface area (TPSA) is 66.0 Å². The largest absolute Gasteiger partial charge is 0.496 e. The number of benzene rings is 2. The molecule has 0 aliphatic rings. The van der Waals surface area contributed by atoms with Crippen LogP contribution >= 0.6 is 11.8 Å². The van der Waals surface area contributed by atoms with Gasteiger partial charge in [0.1, 0.15) is 5.75 Å². The van der Waals surface area contributed by atoms with Crippen molar-refractivity contribution in [2.75, 3.05) is 34.7 Å². The number of methoxy groups -OCH3 is 4. The van der Waals surface area contributed by atoms with Crippen LogP contribution in [0.2, 0.25) is 0 Å². The van der Waals surface area contributed by atoms with Gasteiger partial charge in [0.05, 0.1) is 34.0 Å². The van der Waals surface area contributed by atoms with E-state index < -0.39 is 0 Å². The maximum absolute atomic E-state index is 12.5. The number of amides is 1. The van der Waals surface area contributed by atoms with E-state index in [2.05, 4.69) is 5.32 Å². The highest BCUT2D eigenvalue weighted by Gasteiger charge is 2.16. The first-order chi connectivity index (χ1) is 12.6. The first-order valence-electron chi connectivity index (χ1n) is 7.87. The Labute approximate surface area is 157 Å². The highest BCUT2D eigenvalue weighted by molar-refractivity contribution is 7.98. The average Bonchev–Trinajstić information content (AvgIpc) is 2.70. The molecule has 0 fully saturated rings. The quantitative estimate of drug-likeness (QED) is 0.712. The third kappa shape index (κ3) is 4.35. The molecule has 0 aliphatic carbocycles. The van der Waals surface area contributed by atoms with Crippen molar-refractivity contribution in [3.05, 3.63) is 41.5 Å². The summed E-state index contributed by atoms with van der Waals surface area (Å²) < 4.78 is 21.3. The van der Waals surface area contributed by atoms with Gasteiger partial charge in [0.2, 0.25) is 5.75 Å². The predicted molar refractivity (Wildman–Crippen MR) is 102 cm³/mol. The molecule has 0 radical (unpaired) electrons. The van der Waals surface area contributed by atoms with Gasteiger partial charge in [0, 0.05) is 11.4 Å². The van der Waals surface area contributed by atoms with E-state index in [1.165, 1.54) is 0 Å². The minimum Gasteiger partial charge on any atom is -0.496 e. The number of ether oxygens (including phenoxy) is 4. The van der Waals surface area contributed by atoms with Gasteiger partial charge >= 0.3 is 0 Å². The molecule has 6 nitrogen and oxygen atoms in total. The second kappa shape index (κ2) is 9.24. The van der Waals surface area contributed by atoms with Gasteiger partial charge in [-0.15, -0.1) is 11.8 Å². The van der Waals surface area contributed by atoms with E-state index in [4.69, 9.17) is 18.9 Å². The van der Waals surface area contributed by atoms with Crippen molar-refractivity contribution in [1.29, 1.82) is 0 Å². The zero-order chi connectivity index (χ0) is 19.1. The van der Waals surface area contributed by atoms with Crippen molar-refractivity contribution in [1.82, 2.24) is 5.32 Å². The van der Waals surface area contributed by atoms with Crippen molar-refractivity contribution in [3.8, 4) is 23.0 Å². The molecule has 0 saturated carbocycles. The second-order valence-corrected chi connectivity index (χ2v) is 6.16. The minimum absolute atomic E-state index is 0.219. The molecule has 2 aromatic rings. The molecule has 1 amide bonds. The van der Waals surface area contributed by atoms with E-state index >= 15 is 0 Å². The van der Waals surface area contributed by atoms with Crippen molar-refractivity contribution < 1.29 is 23.7 Å². The van der Waals surface area contributed by atoms with Gasteiger partial charge in [-0.05, 0) is 42.2 Å². The highest BCUT2D eigenvalue weighted by atomic mass is 32.2. The number of thioether (sulfide) groups is 1. The van der Waals surface area contributed by atoms with Crippen LogP contribution < -0.4 is 24.3 Å². The number of hydrogen-bond donors (Lipinski definition) is 1. The summed E-state index contributed by atoms with van der Waals surface area (Å²) in [5.41, 5.74) is 1.31. The third-order valence-electron chi connectivity index (χ3n) is 3.83. The van der Waals surface area contributed by atoms with Gasteiger partial charge in [-0.3, -0.25) is 4.79 Å². The molecule has 0 aromatic heterocycles. The van der Waals surface area contributed by atoms with Gasteiger partial charge in [-0.1, -0.05) is 0 Å². The Balaban J connectivity index is 2.19. The molecule has 1 N–H and O–H groups in total. The summed E-state index contributed by atoms with van der Waals surface area (Å²) in [6, 6.07) is 9.10. The summed E-state index contributed by atoms with van der Waals surface area (Å²) in [6.07, 6.45) is 1.97. The number of carbonyl (C=O) groups excluding carboxylic acids is 1. The lowest BCUT2D eigenvalue weighted by Gasteiger charge is -2.15. The predicted octanol–water partition coefficient (Wildman–Crippen LogP) is 3.37. The number of rotatable bonds is 8. The van der Waals surface area contributed by atoms with E-state index in [0.29, 0.717) is 35.1 Å². The van der Waals surface area contributed by atoms with Crippen molar-refractivity contribution >= 4 is 17.7 Å². The zero-order valence-electron chi connectivity index (χ0n) is 15.5. The number of nitrogens with one attached hydrogen (secondary N) is 1. The average molecular weight is 377 g/mol. The lowest BCUT2D eigenvalue weighted by atomic mass is 10.1. The molecule has 7 heteroatoms. The summed E-state index contributed by atoms with van der Waals surface area (Å²) in [5, 5.41) is 2.89. The summed E-state index contributed by atoms with van der Waals surface area (Å²) in [4.78, 5) is 13.6. The van der Waals surface area contributed by atoms with Crippen LogP contribution in [0.5, 0.6) is 23.0 Å². The Morgan fingerprint density at radius 3 is 2.04 bits per heavy atom. The Morgan fingerprint density at radius 1 is 0.923 bits per heavy atom. The van der Waals surface area contributed by atoms with Crippen LogP contribution in [0.25, 0.3) is 0 Å². The number of hydrogen-bond acceptors (Lipinski definition) is 6. The first-order valence-corrected chi connectivity index (χ1v) is 9.09. The van der Waals surface area contributed by atoms with Gasteiger partial charge in [-0.25, -0.2) is 0 Å². The summed E-state index contributed by atoms with van der Waals surface area (Å²) in [6.45, 7) is 0.309. The number of carbonyl (C=O) groups is 1. The monoisotopic (exact) mass is 377 g/mol. The molecule has 2 aromatic carbocycles. The normalized spacial score (nSPS) is 10.2. The molecule has 0 aliphatic heterocycles. The zero-order valence-corrected chi connectivity index (χ0v) is 16.4. The fourth-order valence-corrected chi connectivity index (χ4v) is 2.93. The van der Waals surface area contributed by atoms with Crippen LogP contribution in [0.1, 0.15) is 15.9 Å². The maximum atomic E-state index is 12.5. The van der Waals surface area contributed by atoms with Gasteiger partial charge in [0.15, 0.2) is 11.5 Å². The highest BCUT2D eigenvalue weighted by Crippen LogP contribution is 2.38. The SMILES string of the molecule is COc1cc(SC)ccc1C(=O)NCc1cc(OC)c(OC)c(OC)c1. The molecule has 26 heavy (non-hydrogen) atoms. The molecular weight excluding hydrogens is 354 g/mol. The smallest absolute Gasteiger partial charge is 0.255 e. The minimum atomic E-state index is -0.219. The molecule has 2 rings (SSSR count). The van der Waals surface area contributed by atoms with Crippen molar-refractivity contribution in [2.24, 2.45) is 0 Å². The lowest BCUT2D eigenvalue weighted by molar-refractivity contribution is 0.0947. The van der Waals surface area contributed by atoms with Crippen LogP contribution in [0, 0.1) is 0 Å². The molecule has 0 atom stereocenters. The molecule has 0 saturated heterocycles. The van der Waals surface area contributed by atoms with Crippen LogP contribution in [-0.4, -0.2) is 40.6 Å². The van der Waals surface area contributed by atoms with Crippen molar-refractivity contribution in [3.63, 3.8) is 0 Å². The fourth-order valence-electron chi connectivity index (χ4n) is 2.50. The lowest BCUT2D eigenvalue weighted by Crippen LogP contribution is -2.23. The Morgan fingerprint density at radius 2 is 1.54 bits per heavy atom. The fraction of sp³-hybridized carbons (Fsp3) is 0.316. The van der Waals surface area contributed by atoms with Gasteiger partial charge in [0.25, 0.3) is 5.91 Å². The van der Waals surface area contributed by atoms with E-state index in [1.54, 1.807) is 58.4 Å². The maximum Gasteiger partial charge on any atom is 0.255 e. The van der Waals surface area contributed by atoms with E-state index in [0.717, 1.165) is 10.5 Å². The first kappa shape index (κ1) is 19.8. The molecule has 0 heterocycles. The van der Waals surface area contributed by atoms with E-state index in [1.807, 2.05) is 18.4 Å². The molecular formula is C19H23NO5S. The van der Waals surface area contributed by atoms with Crippen molar-refractivity contribution in [2.45, 2.75) is 11.4 Å². The molecule has 0 spiro atoms. The molecule has 0 bridgehead atoms. The molecule has 0 unspecified atom stereocenters. The Kier molecular flexibility index (Phi) is 7.03. The van der Waals surface area contributed by atoms with Crippen LogP contribution in [0.15, 0.2) is 35.2 Å². The Hall–Kier alpha value is -2.54. The Bertz CT molecular complexity index is 754. The van der Waals surface area contributed by atoms with Gasteiger partial charge < -0.3 is 24.3 Å². The van der Waals surface area contributed by atoms with E-state index in [-0.39, 0.29) is 5.91 Å². The standard InChI is InChI=1S/C19H23NO5S/c1-22-15-10-13(26-5)6-7-14(15)19(21)20-11-12-8-16(23-2)18(25-4)17(9-12)24-3/h6-10H,11H2,1-5H3,(H,20,21). The van der Waals surface area contributed by atoms with Crippen LogP contribution in [0.3, 0.4) is 0 Å². The summed E-state index contributed by atoms with van der Waals surface area (Å²) in [5.74, 6) is 1.91. The van der Waals surface area contributed by atoms with E-state index in [9.17, 15) is 4.79 Å². The van der Waals surface area contributed by atoms with Gasteiger partial charge in [-0.2, -0.15) is 0 Å². The van der Waals surface area contributed by atoms with Crippen LogP contribution in [-0.2, 0) is 6.54 Å². The molecule has 140 valence electrons.